The van der Waals surface area contributed by atoms with Gasteiger partial charge in [-0.15, -0.1) is 5.10 Å². The van der Waals surface area contributed by atoms with Gasteiger partial charge in [-0.2, -0.15) is 5.10 Å². The Bertz CT molecular complexity index is 1130. The summed E-state index contributed by atoms with van der Waals surface area (Å²) < 4.78 is 3.33. The van der Waals surface area contributed by atoms with Gasteiger partial charge in [-0.3, -0.25) is 4.79 Å². The molecule has 0 aliphatic heterocycles. The van der Waals surface area contributed by atoms with Crippen LogP contribution in [0.4, 0.5) is 5.69 Å². The maximum absolute atomic E-state index is 12.3. The zero-order chi connectivity index (χ0) is 19.3. The molecule has 28 heavy (non-hydrogen) atoms. The van der Waals surface area contributed by atoms with Gasteiger partial charge in [0, 0.05) is 36.1 Å². The second-order valence-electron chi connectivity index (χ2n) is 6.08. The summed E-state index contributed by atoms with van der Waals surface area (Å²) in [5.41, 5.74) is 3.27. The molecule has 8 nitrogen and oxygen atoms in total. The van der Waals surface area contributed by atoms with Crippen LogP contribution in [0.1, 0.15) is 5.56 Å². The highest BCUT2D eigenvalue weighted by Crippen LogP contribution is 2.19. The smallest absolute Gasteiger partial charge is 0.248 e. The van der Waals surface area contributed by atoms with Crippen LogP contribution < -0.4 is 5.32 Å². The van der Waals surface area contributed by atoms with Gasteiger partial charge in [0.1, 0.15) is 0 Å². The number of para-hydroxylation sites is 1. The number of aryl methyl sites for hydroxylation is 1. The molecule has 1 N–H and O–H groups in total. The van der Waals surface area contributed by atoms with Crippen molar-refractivity contribution in [1.82, 2.24) is 30.0 Å². The molecule has 0 aliphatic carbocycles. The molecule has 0 unspecified atom stereocenters. The van der Waals surface area contributed by atoms with Crippen molar-refractivity contribution in [2.24, 2.45) is 7.05 Å². The molecule has 2 aromatic carbocycles. The number of benzene rings is 2. The summed E-state index contributed by atoms with van der Waals surface area (Å²) in [6, 6.07) is 17.1. The summed E-state index contributed by atoms with van der Waals surface area (Å²) in [5, 5.41) is 18.6. The first-order chi connectivity index (χ1) is 13.7. The van der Waals surface area contributed by atoms with Gasteiger partial charge in [0.15, 0.2) is 5.82 Å². The number of hydrogen-bond donors (Lipinski definition) is 1. The third kappa shape index (κ3) is 3.85. The molecule has 0 bridgehead atoms. The van der Waals surface area contributed by atoms with Crippen molar-refractivity contribution in [1.29, 1.82) is 0 Å². The highest BCUT2D eigenvalue weighted by Gasteiger charge is 2.07. The van der Waals surface area contributed by atoms with Gasteiger partial charge in [0.05, 0.1) is 11.9 Å². The van der Waals surface area contributed by atoms with E-state index in [4.69, 9.17) is 0 Å². The number of carbonyl (C=O) groups is 1. The Morgan fingerprint density at radius 2 is 1.96 bits per heavy atom. The fourth-order valence-electron chi connectivity index (χ4n) is 2.71. The molecule has 0 saturated heterocycles. The molecule has 2 heterocycles. The number of hydrogen-bond acceptors (Lipinski definition) is 5. The Morgan fingerprint density at radius 3 is 2.75 bits per heavy atom. The molecule has 2 aromatic heterocycles. The van der Waals surface area contributed by atoms with Crippen LogP contribution in [0.5, 0.6) is 0 Å². The molecule has 0 saturated carbocycles. The maximum atomic E-state index is 12.3. The zero-order valence-corrected chi connectivity index (χ0v) is 15.1. The third-order valence-corrected chi connectivity index (χ3v) is 4.06. The Balaban J connectivity index is 1.44. The highest BCUT2D eigenvalue weighted by atomic mass is 16.1. The van der Waals surface area contributed by atoms with E-state index in [0.717, 1.165) is 16.8 Å². The molecule has 0 spiro atoms. The second-order valence-corrected chi connectivity index (χ2v) is 6.08. The SMILES string of the molecule is Cn1nnnc1-c1cccc(NC(=O)/C=C/c2cnn(-c3ccccc3)c2)c1. The molecule has 138 valence electrons. The van der Waals surface area contributed by atoms with E-state index in [0.29, 0.717) is 11.5 Å². The van der Waals surface area contributed by atoms with Gasteiger partial charge in [-0.05, 0) is 40.8 Å². The Labute approximate surface area is 161 Å². The zero-order valence-electron chi connectivity index (χ0n) is 15.1. The standard InChI is InChI=1S/C20H17N7O/c1-26-20(23-24-25-26)16-6-5-7-17(12-16)22-19(28)11-10-15-13-21-27(14-15)18-8-3-2-4-9-18/h2-14H,1H3,(H,22,28)/b11-10+. The molecule has 0 fully saturated rings. The van der Waals surface area contributed by atoms with Crippen molar-refractivity contribution in [2.75, 3.05) is 5.32 Å². The monoisotopic (exact) mass is 371 g/mol. The van der Waals surface area contributed by atoms with Crippen LogP contribution in [0, 0.1) is 0 Å². The number of anilines is 1. The number of nitrogens with one attached hydrogen (secondary N) is 1. The predicted molar refractivity (Wildman–Crippen MR) is 105 cm³/mol. The van der Waals surface area contributed by atoms with Gasteiger partial charge in [0.25, 0.3) is 0 Å². The lowest BCUT2D eigenvalue weighted by Gasteiger charge is -2.04. The number of amides is 1. The normalized spacial score (nSPS) is 11.0. The van der Waals surface area contributed by atoms with Gasteiger partial charge in [0.2, 0.25) is 5.91 Å². The Hall–Kier alpha value is -4.07. The van der Waals surface area contributed by atoms with Crippen LogP contribution >= 0.6 is 0 Å². The first kappa shape index (κ1) is 17.3. The average Bonchev–Trinajstić information content (AvgIpc) is 3.36. The van der Waals surface area contributed by atoms with Crippen molar-refractivity contribution in [3.05, 3.63) is 78.6 Å². The molecule has 4 aromatic rings. The van der Waals surface area contributed by atoms with Crippen LogP contribution in [-0.4, -0.2) is 35.9 Å². The summed E-state index contributed by atoms with van der Waals surface area (Å²) in [4.78, 5) is 12.3. The largest absolute Gasteiger partial charge is 0.322 e. The quantitative estimate of drug-likeness (QED) is 0.545. The van der Waals surface area contributed by atoms with Crippen molar-refractivity contribution in [3.63, 3.8) is 0 Å². The molecular formula is C20H17N7O. The lowest BCUT2D eigenvalue weighted by molar-refractivity contribution is -0.111. The summed E-state index contributed by atoms with van der Waals surface area (Å²) in [7, 11) is 1.76. The molecule has 8 heteroatoms. The summed E-state index contributed by atoms with van der Waals surface area (Å²) in [6.45, 7) is 0. The van der Waals surface area contributed by atoms with Gasteiger partial charge in [-0.1, -0.05) is 30.3 Å². The van der Waals surface area contributed by atoms with E-state index in [-0.39, 0.29) is 5.91 Å². The Morgan fingerprint density at radius 1 is 1.11 bits per heavy atom. The Kier molecular flexibility index (Phi) is 4.75. The van der Waals surface area contributed by atoms with E-state index in [1.165, 1.54) is 6.08 Å². The van der Waals surface area contributed by atoms with E-state index >= 15 is 0 Å². The minimum atomic E-state index is -0.235. The predicted octanol–water partition coefficient (Wildman–Crippen LogP) is 2.71. The van der Waals surface area contributed by atoms with Crippen LogP contribution in [0.15, 0.2) is 73.1 Å². The summed E-state index contributed by atoms with van der Waals surface area (Å²) in [5.74, 6) is 0.390. The lowest BCUT2D eigenvalue weighted by atomic mass is 10.2. The van der Waals surface area contributed by atoms with Gasteiger partial charge in [-0.25, -0.2) is 9.36 Å². The van der Waals surface area contributed by atoms with Crippen LogP contribution in [0.3, 0.4) is 0 Å². The minimum absolute atomic E-state index is 0.235. The van der Waals surface area contributed by atoms with Crippen molar-refractivity contribution < 1.29 is 4.79 Å². The second kappa shape index (κ2) is 7.67. The third-order valence-electron chi connectivity index (χ3n) is 4.06. The topological polar surface area (TPSA) is 90.5 Å². The van der Waals surface area contributed by atoms with E-state index in [2.05, 4.69) is 25.9 Å². The number of carbonyl (C=O) groups excluding carboxylic acids is 1. The van der Waals surface area contributed by atoms with Gasteiger partial charge >= 0.3 is 0 Å². The first-order valence-corrected chi connectivity index (χ1v) is 8.61. The first-order valence-electron chi connectivity index (χ1n) is 8.61. The lowest BCUT2D eigenvalue weighted by Crippen LogP contribution is -2.07. The van der Waals surface area contributed by atoms with Gasteiger partial charge < -0.3 is 5.32 Å². The van der Waals surface area contributed by atoms with E-state index < -0.39 is 0 Å². The fourth-order valence-corrected chi connectivity index (χ4v) is 2.71. The average molecular weight is 371 g/mol. The van der Waals surface area contributed by atoms with E-state index in [1.54, 1.807) is 28.7 Å². The highest BCUT2D eigenvalue weighted by molar-refractivity contribution is 6.02. The molecular weight excluding hydrogens is 354 g/mol. The van der Waals surface area contributed by atoms with Crippen molar-refractivity contribution in [3.8, 4) is 17.1 Å². The van der Waals surface area contributed by atoms with E-state index in [1.807, 2.05) is 60.8 Å². The molecule has 0 radical (unpaired) electrons. The molecule has 0 atom stereocenters. The summed E-state index contributed by atoms with van der Waals surface area (Å²) in [6.07, 6.45) is 6.76. The van der Waals surface area contributed by atoms with Crippen LogP contribution in [0.2, 0.25) is 0 Å². The van der Waals surface area contributed by atoms with Crippen LogP contribution in [0.25, 0.3) is 23.2 Å². The number of aromatic nitrogens is 6. The molecule has 4 rings (SSSR count). The molecule has 1 amide bonds. The number of rotatable bonds is 5. The van der Waals surface area contributed by atoms with Crippen LogP contribution in [-0.2, 0) is 11.8 Å². The minimum Gasteiger partial charge on any atom is -0.322 e. The summed E-state index contributed by atoms with van der Waals surface area (Å²) >= 11 is 0. The van der Waals surface area contributed by atoms with Crippen molar-refractivity contribution >= 4 is 17.7 Å². The number of tetrazole rings is 1. The van der Waals surface area contributed by atoms with E-state index in [9.17, 15) is 4.79 Å². The van der Waals surface area contributed by atoms with Crippen molar-refractivity contribution in [2.45, 2.75) is 0 Å². The molecule has 0 aliphatic rings. The number of nitrogens with zero attached hydrogens (tertiary/aromatic N) is 6. The fraction of sp³-hybridized carbons (Fsp3) is 0.0500. The maximum Gasteiger partial charge on any atom is 0.248 e.